The van der Waals surface area contributed by atoms with Gasteiger partial charge < -0.3 is 9.84 Å². The Bertz CT molecular complexity index is 368. The lowest BCUT2D eigenvalue weighted by atomic mass is 10.2. The van der Waals surface area contributed by atoms with Gasteiger partial charge in [0.1, 0.15) is 0 Å². The quantitative estimate of drug-likeness (QED) is 0.578. The maximum Gasteiger partial charge on any atom is 0.0808 e. The zero-order valence-corrected chi connectivity index (χ0v) is 13.3. The summed E-state index contributed by atoms with van der Waals surface area (Å²) in [7, 11) is -0.998. The van der Waals surface area contributed by atoms with Crippen molar-refractivity contribution in [3.05, 3.63) is 48.0 Å². The first kappa shape index (κ1) is 16.2. The van der Waals surface area contributed by atoms with Gasteiger partial charge >= 0.3 is 0 Å². The molecule has 0 spiro atoms. The second-order valence-corrected chi connectivity index (χ2v) is 11.7. The van der Waals surface area contributed by atoms with E-state index < -0.39 is 14.2 Å². The Morgan fingerprint density at radius 2 is 1.84 bits per heavy atom. The van der Waals surface area contributed by atoms with E-state index in [4.69, 9.17) is 4.74 Å². The van der Waals surface area contributed by atoms with E-state index in [0.717, 1.165) is 5.56 Å². The van der Waals surface area contributed by atoms with Crippen LogP contribution in [-0.4, -0.2) is 25.9 Å². The average molecular weight is 278 g/mol. The van der Waals surface area contributed by atoms with Crippen molar-refractivity contribution < 1.29 is 9.84 Å². The summed E-state index contributed by atoms with van der Waals surface area (Å²) in [6, 6.07) is 11.2. The van der Waals surface area contributed by atoms with E-state index in [2.05, 4.69) is 31.8 Å². The van der Waals surface area contributed by atoms with Gasteiger partial charge in [0.25, 0.3) is 0 Å². The standard InChI is InChI=1S/C16H26O2Si/c1-19(2,3)12-8-7-11-16(17)14-18-13-15-9-5-4-6-10-15/h4-10,16-17H,11-14H2,1-3H3/b8-7+/t16-/m0/s1. The van der Waals surface area contributed by atoms with Crippen LogP contribution in [-0.2, 0) is 11.3 Å². The predicted octanol–water partition coefficient (Wildman–Crippen LogP) is 3.85. The van der Waals surface area contributed by atoms with Gasteiger partial charge in [-0.1, -0.05) is 62.1 Å². The second kappa shape index (κ2) is 8.30. The van der Waals surface area contributed by atoms with Crippen LogP contribution in [0.3, 0.4) is 0 Å². The maximum atomic E-state index is 9.79. The van der Waals surface area contributed by atoms with E-state index in [1.807, 2.05) is 30.3 Å². The molecular formula is C16H26O2Si. The lowest BCUT2D eigenvalue weighted by Gasteiger charge is -2.12. The summed E-state index contributed by atoms with van der Waals surface area (Å²) in [5, 5.41) is 9.79. The largest absolute Gasteiger partial charge is 0.390 e. The lowest BCUT2D eigenvalue weighted by Crippen LogP contribution is -2.17. The van der Waals surface area contributed by atoms with Crippen LogP contribution in [0.5, 0.6) is 0 Å². The monoisotopic (exact) mass is 278 g/mol. The first-order chi connectivity index (χ1) is 8.97. The molecule has 1 aromatic carbocycles. The first-order valence-electron chi connectivity index (χ1n) is 6.92. The summed E-state index contributed by atoms with van der Waals surface area (Å²) in [6.45, 7) is 7.99. The van der Waals surface area contributed by atoms with Crippen molar-refractivity contribution >= 4 is 8.07 Å². The lowest BCUT2D eigenvalue weighted by molar-refractivity contribution is 0.0301. The minimum Gasteiger partial charge on any atom is -0.390 e. The topological polar surface area (TPSA) is 29.5 Å². The molecule has 0 aliphatic carbocycles. The molecule has 0 amide bonds. The molecule has 0 heterocycles. The molecule has 0 unspecified atom stereocenters. The molecule has 0 saturated carbocycles. The van der Waals surface area contributed by atoms with Crippen LogP contribution in [0.15, 0.2) is 42.5 Å². The summed E-state index contributed by atoms with van der Waals surface area (Å²) < 4.78 is 5.50. The smallest absolute Gasteiger partial charge is 0.0808 e. The van der Waals surface area contributed by atoms with Crippen LogP contribution >= 0.6 is 0 Å². The molecule has 0 saturated heterocycles. The van der Waals surface area contributed by atoms with Crippen LogP contribution in [0, 0.1) is 0 Å². The van der Waals surface area contributed by atoms with E-state index in [9.17, 15) is 5.11 Å². The van der Waals surface area contributed by atoms with E-state index >= 15 is 0 Å². The SMILES string of the molecule is C[Si](C)(C)C/C=C/C[C@H](O)COCc1ccccc1. The number of benzene rings is 1. The van der Waals surface area contributed by atoms with Crippen molar-refractivity contribution in [3.63, 3.8) is 0 Å². The first-order valence-corrected chi connectivity index (χ1v) is 10.6. The number of ether oxygens (including phenoxy) is 1. The van der Waals surface area contributed by atoms with Gasteiger partial charge in [0.05, 0.1) is 19.3 Å². The van der Waals surface area contributed by atoms with E-state index in [1.54, 1.807) is 0 Å². The molecule has 0 aliphatic rings. The predicted molar refractivity (Wildman–Crippen MR) is 84.0 cm³/mol. The molecule has 1 atom stereocenters. The van der Waals surface area contributed by atoms with Gasteiger partial charge in [-0.3, -0.25) is 0 Å². The molecule has 0 fully saturated rings. The summed E-state index contributed by atoms with van der Waals surface area (Å²) in [6.07, 6.45) is 4.56. The van der Waals surface area contributed by atoms with Crippen LogP contribution in [0.4, 0.5) is 0 Å². The van der Waals surface area contributed by atoms with Crippen molar-refractivity contribution in [3.8, 4) is 0 Å². The number of aliphatic hydroxyl groups excluding tert-OH is 1. The van der Waals surface area contributed by atoms with Crippen molar-refractivity contribution in [1.82, 2.24) is 0 Å². The Balaban J connectivity index is 2.13. The molecule has 2 nitrogen and oxygen atoms in total. The summed E-state index contributed by atoms with van der Waals surface area (Å²) in [5.41, 5.74) is 1.14. The Morgan fingerprint density at radius 3 is 2.47 bits per heavy atom. The zero-order chi connectivity index (χ0) is 14.1. The average Bonchev–Trinajstić information content (AvgIpc) is 2.35. The molecule has 0 aromatic heterocycles. The number of allylic oxidation sites excluding steroid dienone is 1. The third-order valence-corrected chi connectivity index (χ3v) is 4.19. The van der Waals surface area contributed by atoms with Gasteiger partial charge in [0, 0.05) is 8.07 Å². The molecular weight excluding hydrogens is 252 g/mol. The molecule has 1 rings (SSSR count). The maximum absolute atomic E-state index is 9.79. The van der Waals surface area contributed by atoms with Gasteiger partial charge in [-0.05, 0) is 18.0 Å². The molecule has 0 aliphatic heterocycles. The van der Waals surface area contributed by atoms with Crippen LogP contribution < -0.4 is 0 Å². The highest BCUT2D eigenvalue weighted by molar-refractivity contribution is 6.76. The Labute approximate surface area is 118 Å². The Hall–Kier alpha value is -0.903. The van der Waals surface area contributed by atoms with Crippen LogP contribution in [0.1, 0.15) is 12.0 Å². The number of hydrogen-bond donors (Lipinski definition) is 1. The Kier molecular flexibility index (Phi) is 7.06. The number of hydrogen-bond acceptors (Lipinski definition) is 2. The Morgan fingerprint density at radius 1 is 1.16 bits per heavy atom. The minimum absolute atomic E-state index is 0.395. The molecule has 1 N–H and O–H groups in total. The molecule has 0 radical (unpaired) electrons. The normalized spacial score (nSPS) is 13.9. The van der Waals surface area contributed by atoms with Crippen molar-refractivity contribution in [2.24, 2.45) is 0 Å². The highest BCUT2D eigenvalue weighted by Crippen LogP contribution is 2.09. The van der Waals surface area contributed by atoms with E-state index in [-0.39, 0.29) is 0 Å². The fourth-order valence-corrected chi connectivity index (χ4v) is 2.52. The van der Waals surface area contributed by atoms with Gasteiger partial charge in [-0.15, -0.1) is 0 Å². The fraction of sp³-hybridized carbons (Fsp3) is 0.500. The van der Waals surface area contributed by atoms with Gasteiger partial charge in [-0.2, -0.15) is 0 Å². The molecule has 0 bridgehead atoms. The zero-order valence-electron chi connectivity index (χ0n) is 12.3. The van der Waals surface area contributed by atoms with Gasteiger partial charge in [0.15, 0.2) is 0 Å². The summed E-state index contributed by atoms with van der Waals surface area (Å²) in [5.74, 6) is 0. The third-order valence-electron chi connectivity index (χ3n) is 2.73. The van der Waals surface area contributed by atoms with Crippen molar-refractivity contribution in [2.75, 3.05) is 6.61 Å². The molecule has 1 aromatic rings. The minimum atomic E-state index is -0.998. The number of aliphatic hydroxyl groups is 1. The van der Waals surface area contributed by atoms with Crippen LogP contribution in [0.2, 0.25) is 25.7 Å². The highest BCUT2D eigenvalue weighted by atomic mass is 28.3. The van der Waals surface area contributed by atoms with Gasteiger partial charge in [0.2, 0.25) is 0 Å². The summed E-state index contributed by atoms with van der Waals surface area (Å²) >= 11 is 0. The van der Waals surface area contributed by atoms with Crippen LogP contribution in [0.25, 0.3) is 0 Å². The molecule has 3 heteroatoms. The van der Waals surface area contributed by atoms with Crippen molar-refractivity contribution in [2.45, 2.75) is 44.8 Å². The third kappa shape index (κ3) is 8.75. The second-order valence-electron chi connectivity index (χ2n) is 6.13. The molecule has 106 valence electrons. The van der Waals surface area contributed by atoms with Gasteiger partial charge in [-0.25, -0.2) is 0 Å². The van der Waals surface area contributed by atoms with E-state index in [0.29, 0.717) is 19.6 Å². The summed E-state index contributed by atoms with van der Waals surface area (Å²) in [4.78, 5) is 0. The molecule has 19 heavy (non-hydrogen) atoms. The van der Waals surface area contributed by atoms with Crippen molar-refractivity contribution in [1.29, 1.82) is 0 Å². The number of rotatable bonds is 8. The van der Waals surface area contributed by atoms with E-state index in [1.165, 1.54) is 6.04 Å². The highest BCUT2D eigenvalue weighted by Gasteiger charge is 2.09. The fourth-order valence-electron chi connectivity index (χ4n) is 1.65.